The van der Waals surface area contributed by atoms with E-state index in [0.29, 0.717) is 38.7 Å². The number of hydrogen-bond donors (Lipinski definition) is 1. The highest BCUT2D eigenvalue weighted by Gasteiger charge is 2.16. The van der Waals surface area contributed by atoms with Crippen LogP contribution in [0.2, 0.25) is 5.02 Å². The Bertz CT molecular complexity index is 1320. The SMILES string of the molecule is COc1cc(Cl)c(C)cc1NC(=O)c1ccccc1CSc1nc2nc(C)cc(C)n2n1. The highest BCUT2D eigenvalue weighted by Crippen LogP contribution is 2.32. The largest absolute Gasteiger partial charge is 0.495 e. The molecule has 4 aromatic rings. The van der Waals surface area contributed by atoms with Crippen molar-refractivity contribution in [2.75, 3.05) is 12.4 Å². The lowest BCUT2D eigenvalue weighted by Crippen LogP contribution is -2.15. The second-order valence-corrected chi connectivity index (χ2v) is 8.70. The van der Waals surface area contributed by atoms with Crippen molar-refractivity contribution in [2.24, 2.45) is 0 Å². The van der Waals surface area contributed by atoms with Crippen LogP contribution in [-0.2, 0) is 5.75 Å². The quantitative estimate of drug-likeness (QED) is 0.390. The van der Waals surface area contributed by atoms with E-state index in [-0.39, 0.29) is 5.91 Å². The Labute approximate surface area is 195 Å². The van der Waals surface area contributed by atoms with E-state index in [4.69, 9.17) is 16.3 Å². The van der Waals surface area contributed by atoms with Crippen LogP contribution in [0.15, 0.2) is 47.6 Å². The molecule has 4 rings (SSSR count). The van der Waals surface area contributed by atoms with Crippen LogP contribution < -0.4 is 10.1 Å². The van der Waals surface area contributed by atoms with E-state index < -0.39 is 0 Å². The van der Waals surface area contributed by atoms with Crippen LogP contribution in [0.5, 0.6) is 5.75 Å². The molecule has 0 aliphatic rings. The lowest BCUT2D eigenvalue weighted by atomic mass is 10.1. The minimum atomic E-state index is -0.225. The number of ether oxygens (including phenoxy) is 1. The molecule has 0 saturated heterocycles. The minimum Gasteiger partial charge on any atom is -0.495 e. The van der Waals surface area contributed by atoms with Crippen LogP contribution in [-0.4, -0.2) is 32.6 Å². The smallest absolute Gasteiger partial charge is 0.256 e. The summed E-state index contributed by atoms with van der Waals surface area (Å²) < 4.78 is 7.10. The molecular formula is C23H22ClN5O2S. The highest BCUT2D eigenvalue weighted by molar-refractivity contribution is 7.98. The maximum atomic E-state index is 13.1. The molecule has 2 aromatic carbocycles. The number of rotatable bonds is 6. The first-order valence-corrected chi connectivity index (χ1v) is 11.3. The van der Waals surface area contributed by atoms with Crippen molar-refractivity contribution in [3.8, 4) is 5.75 Å². The number of nitrogens with one attached hydrogen (secondary N) is 1. The van der Waals surface area contributed by atoms with Gasteiger partial charge in [0.05, 0.1) is 12.8 Å². The molecule has 1 amide bonds. The molecule has 0 unspecified atom stereocenters. The van der Waals surface area contributed by atoms with Gasteiger partial charge in [0.1, 0.15) is 5.75 Å². The molecule has 0 aliphatic heterocycles. The van der Waals surface area contributed by atoms with Crippen molar-refractivity contribution in [1.82, 2.24) is 19.6 Å². The van der Waals surface area contributed by atoms with Gasteiger partial charge in [-0.1, -0.05) is 41.6 Å². The first-order valence-electron chi connectivity index (χ1n) is 9.93. The summed E-state index contributed by atoms with van der Waals surface area (Å²) in [5.74, 6) is 1.39. The van der Waals surface area contributed by atoms with Gasteiger partial charge in [0.2, 0.25) is 5.16 Å². The monoisotopic (exact) mass is 467 g/mol. The van der Waals surface area contributed by atoms with Crippen LogP contribution in [0.1, 0.15) is 32.9 Å². The first kappa shape index (κ1) is 22.1. The van der Waals surface area contributed by atoms with Crippen molar-refractivity contribution in [2.45, 2.75) is 31.7 Å². The van der Waals surface area contributed by atoms with E-state index in [0.717, 1.165) is 22.5 Å². The van der Waals surface area contributed by atoms with Gasteiger partial charge in [0.25, 0.3) is 11.7 Å². The Balaban J connectivity index is 1.55. The summed E-state index contributed by atoms with van der Waals surface area (Å²) >= 11 is 7.64. The van der Waals surface area contributed by atoms with Gasteiger partial charge in [-0.2, -0.15) is 4.98 Å². The Hall–Kier alpha value is -3.10. The van der Waals surface area contributed by atoms with E-state index in [2.05, 4.69) is 20.4 Å². The molecule has 7 nitrogen and oxygen atoms in total. The average Bonchev–Trinajstić information content (AvgIpc) is 3.18. The Kier molecular flexibility index (Phi) is 6.34. The van der Waals surface area contributed by atoms with E-state index in [1.807, 2.05) is 45.0 Å². The van der Waals surface area contributed by atoms with Crippen LogP contribution in [0.25, 0.3) is 5.78 Å². The standard InChI is InChI=1S/C23H22ClN5O2S/c1-13-9-19(20(31-4)11-18(13)24)26-21(30)17-8-6-5-7-16(17)12-32-23-27-22-25-14(2)10-15(3)29(22)28-23/h5-11H,12H2,1-4H3,(H,26,30). The summed E-state index contributed by atoms with van der Waals surface area (Å²) in [6.45, 7) is 5.78. The number of fused-ring (bicyclic) bond motifs is 1. The van der Waals surface area contributed by atoms with Gasteiger partial charge in [0.15, 0.2) is 0 Å². The fourth-order valence-corrected chi connectivity index (χ4v) is 4.31. The van der Waals surface area contributed by atoms with Gasteiger partial charge in [-0.25, -0.2) is 9.50 Å². The summed E-state index contributed by atoms with van der Waals surface area (Å²) in [6.07, 6.45) is 0. The predicted octanol–water partition coefficient (Wildman–Crippen LogP) is 5.26. The number of aromatic nitrogens is 4. The zero-order valence-corrected chi connectivity index (χ0v) is 19.7. The number of aryl methyl sites for hydroxylation is 3. The van der Waals surface area contributed by atoms with E-state index in [1.165, 1.54) is 11.8 Å². The molecule has 1 N–H and O–H groups in total. The third-order valence-corrected chi connectivity index (χ3v) is 6.24. The lowest BCUT2D eigenvalue weighted by molar-refractivity contribution is 0.102. The van der Waals surface area contributed by atoms with Gasteiger partial charge in [-0.05, 0) is 50.1 Å². The molecule has 0 fully saturated rings. The van der Waals surface area contributed by atoms with Gasteiger partial charge < -0.3 is 10.1 Å². The Morgan fingerprint density at radius 3 is 2.72 bits per heavy atom. The molecule has 0 spiro atoms. The van der Waals surface area contributed by atoms with Crippen LogP contribution in [0.3, 0.4) is 0 Å². The fourth-order valence-electron chi connectivity index (χ4n) is 3.34. The van der Waals surface area contributed by atoms with Crippen molar-refractivity contribution < 1.29 is 9.53 Å². The van der Waals surface area contributed by atoms with Gasteiger partial charge in [0, 0.05) is 33.8 Å². The maximum Gasteiger partial charge on any atom is 0.256 e. The number of hydrogen-bond acceptors (Lipinski definition) is 6. The first-order chi connectivity index (χ1) is 15.4. The molecule has 9 heteroatoms. The maximum absolute atomic E-state index is 13.1. The number of thioether (sulfide) groups is 1. The number of methoxy groups -OCH3 is 1. The minimum absolute atomic E-state index is 0.225. The molecule has 164 valence electrons. The van der Waals surface area contributed by atoms with Crippen molar-refractivity contribution >= 4 is 40.7 Å². The van der Waals surface area contributed by atoms with Gasteiger partial charge >= 0.3 is 0 Å². The van der Waals surface area contributed by atoms with Crippen LogP contribution in [0.4, 0.5) is 5.69 Å². The number of amides is 1. The summed E-state index contributed by atoms with van der Waals surface area (Å²) in [5.41, 5.74) is 4.74. The summed E-state index contributed by atoms with van der Waals surface area (Å²) in [4.78, 5) is 22.0. The van der Waals surface area contributed by atoms with Crippen LogP contribution >= 0.6 is 23.4 Å². The van der Waals surface area contributed by atoms with E-state index >= 15 is 0 Å². The van der Waals surface area contributed by atoms with E-state index in [9.17, 15) is 4.79 Å². The summed E-state index contributed by atoms with van der Waals surface area (Å²) in [7, 11) is 1.54. The van der Waals surface area contributed by atoms with Gasteiger partial charge in [-0.3, -0.25) is 4.79 Å². The van der Waals surface area contributed by atoms with Crippen molar-refractivity contribution in [3.63, 3.8) is 0 Å². The molecule has 32 heavy (non-hydrogen) atoms. The number of anilines is 1. The number of benzene rings is 2. The zero-order valence-electron chi connectivity index (χ0n) is 18.1. The third-order valence-electron chi connectivity index (χ3n) is 4.95. The second kappa shape index (κ2) is 9.18. The normalized spacial score (nSPS) is 11.0. The number of carbonyl (C=O) groups is 1. The molecule has 2 heterocycles. The van der Waals surface area contributed by atoms with Crippen LogP contribution in [0, 0.1) is 20.8 Å². The fraction of sp³-hybridized carbons (Fsp3) is 0.217. The van der Waals surface area contributed by atoms with Crippen molar-refractivity contribution in [1.29, 1.82) is 0 Å². The Morgan fingerprint density at radius 1 is 1.16 bits per heavy atom. The lowest BCUT2D eigenvalue weighted by Gasteiger charge is -2.14. The molecule has 2 aromatic heterocycles. The summed E-state index contributed by atoms with van der Waals surface area (Å²) in [6, 6.07) is 12.9. The molecule has 0 saturated carbocycles. The molecule has 0 aliphatic carbocycles. The average molecular weight is 468 g/mol. The second-order valence-electron chi connectivity index (χ2n) is 7.35. The molecule has 0 atom stereocenters. The predicted molar refractivity (Wildman–Crippen MR) is 127 cm³/mol. The van der Waals surface area contributed by atoms with Gasteiger partial charge in [-0.15, -0.1) is 5.10 Å². The van der Waals surface area contributed by atoms with E-state index in [1.54, 1.807) is 29.8 Å². The summed E-state index contributed by atoms with van der Waals surface area (Å²) in [5, 5.41) is 8.66. The number of halogens is 1. The molecule has 0 radical (unpaired) electrons. The van der Waals surface area contributed by atoms with Crippen molar-refractivity contribution in [3.05, 3.63) is 75.6 Å². The molecular weight excluding hydrogens is 446 g/mol. The molecule has 0 bridgehead atoms. The topological polar surface area (TPSA) is 81.4 Å². The zero-order chi connectivity index (χ0) is 22.8. The number of nitrogens with zero attached hydrogens (tertiary/aromatic N) is 4. The Morgan fingerprint density at radius 2 is 1.94 bits per heavy atom. The number of carbonyl (C=O) groups excluding carboxylic acids is 1. The third kappa shape index (κ3) is 4.56. The highest BCUT2D eigenvalue weighted by atomic mass is 35.5.